The van der Waals surface area contributed by atoms with Crippen LogP contribution in [0.3, 0.4) is 0 Å². The van der Waals surface area contributed by atoms with Crippen LogP contribution in [0.2, 0.25) is 0 Å². The van der Waals surface area contributed by atoms with Crippen LogP contribution in [0.25, 0.3) is 0 Å². The van der Waals surface area contributed by atoms with Crippen LogP contribution in [0.5, 0.6) is 11.5 Å². The first-order valence-corrected chi connectivity index (χ1v) is 10.0. The molecule has 1 aromatic rings. The van der Waals surface area contributed by atoms with Gasteiger partial charge in [0.25, 0.3) is 5.91 Å². The van der Waals surface area contributed by atoms with E-state index in [2.05, 4.69) is 11.9 Å². The number of carbonyl (C=O) groups excluding carboxylic acids is 1. The SMILES string of the molecule is CCOc1cc(CC2CN(C)CCC2O)ccc1OCC(=O)N(CC)CC. The van der Waals surface area contributed by atoms with Crippen molar-refractivity contribution in [1.82, 2.24) is 9.80 Å². The summed E-state index contributed by atoms with van der Waals surface area (Å²) in [7, 11) is 2.09. The molecule has 6 nitrogen and oxygen atoms in total. The van der Waals surface area contributed by atoms with Crippen molar-refractivity contribution in [2.75, 3.05) is 46.4 Å². The monoisotopic (exact) mass is 378 g/mol. The molecule has 1 amide bonds. The summed E-state index contributed by atoms with van der Waals surface area (Å²) in [5.41, 5.74) is 1.11. The Morgan fingerprint density at radius 1 is 1.22 bits per heavy atom. The molecule has 6 heteroatoms. The molecule has 0 radical (unpaired) electrons. The molecule has 1 aromatic carbocycles. The number of ether oxygens (including phenoxy) is 2. The summed E-state index contributed by atoms with van der Waals surface area (Å²) in [6.07, 6.45) is 1.35. The van der Waals surface area contributed by atoms with Crippen molar-refractivity contribution in [2.24, 2.45) is 5.92 Å². The van der Waals surface area contributed by atoms with Crippen LogP contribution < -0.4 is 9.47 Å². The fraction of sp³-hybridized carbons (Fsp3) is 0.667. The molecule has 2 atom stereocenters. The number of likely N-dealkylation sites (tertiary alicyclic amines) is 1. The molecule has 1 saturated heterocycles. The summed E-state index contributed by atoms with van der Waals surface area (Å²) in [5.74, 6) is 1.43. The predicted octanol–water partition coefficient (Wildman–Crippen LogP) is 2.19. The Morgan fingerprint density at radius 2 is 1.96 bits per heavy atom. The maximum Gasteiger partial charge on any atom is 0.260 e. The number of benzene rings is 1. The highest BCUT2D eigenvalue weighted by Gasteiger charge is 2.26. The summed E-state index contributed by atoms with van der Waals surface area (Å²) >= 11 is 0. The van der Waals surface area contributed by atoms with E-state index >= 15 is 0 Å². The summed E-state index contributed by atoms with van der Waals surface area (Å²) in [6.45, 7) is 9.56. The van der Waals surface area contributed by atoms with Gasteiger partial charge in [-0.1, -0.05) is 6.07 Å². The highest BCUT2D eigenvalue weighted by atomic mass is 16.5. The molecule has 152 valence electrons. The largest absolute Gasteiger partial charge is 0.490 e. The van der Waals surface area contributed by atoms with Gasteiger partial charge in [-0.25, -0.2) is 0 Å². The van der Waals surface area contributed by atoms with Crippen LogP contribution in [0.1, 0.15) is 32.8 Å². The van der Waals surface area contributed by atoms with Crippen LogP contribution in [-0.2, 0) is 11.2 Å². The normalized spacial score (nSPS) is 20.3. The van der Waals surface area contributed by atoms with E-state index in [0.717, 1.165) is 31.5 Å². The van der Waals surface area contributed by atoms with Gasteiger partial charge in [-0.2, -0.15) is 0 Å². The highest BCUT2D eigenvalue weighted by Crippen LogP contribution is 2.30. The van der Waals surface area contributed by atoms with Crippen molar-refractivity contribution in [1.29, 1.82) is 0 Å². The Balaban J connectivity index is 2.05. The van der Waals surface area contributed by atoms with Gasteiger partial charge in [-0.05, 0) is 58.4 Å². The molecule has 2 rings (SSSR count). The molecular formula is C21H34N2O4. The second kappa shape index (κ2) is 10.5. The van der Waals surface area contributed by atoms with Crippen LogP contribution in [0, 0.1) is 5.92 Å². The van der Waals surface area contributed by atoms with Gasteiger partial charge in [-0.15, -0.1) is 0 Å². The van der Waals surface area contributed by atoms with Gasteiger partial charge >= 0.3 is 0 Å². The fourth-order valence-electron chi connectivity index (χ4n) is 3.58. The molecule has 0 bridgehead atoms. The van der Waals surface area contributed by atoms with Gasteiger partial charge in [0.2, 0.25) is 0 Å². The molecule has 1 N–H and O–H groups in total. The summed E-state index contributed by atoms with van der Waals surface area (Å²) in [6, 6.07) is 5.85. The number of hydrogen-bond donors (Lipinski definition) is 1. The van der Waals surface area contributed by atoms with E-state index < -0.39 is 0 Å². The number of aliphatic hydroxyl groups excluding tert-OH is 1. The summed E-state index contributed by atoms with van der Waals surface area (Å²) in [5, 5.41) is 10.3. The zero-order valence-corrected chi connectivity index (χ0v) is 17.1. The van der Waals surface area contributed by atoms with Crippen molar-refractivity contribution < 1.29 is 19.4 Å². The van der Waals surface area contributed by atoms with Gasteiger partial charge in [0.05, 0.1) is 12.7 Å². The molecule has 2 unspecified atom stereocenters. The Labute approximate surface area is 163 Å². The number of likely N-dealkylation sites (N-methyl/N-ethyl adjacent to an activating group) is 1. The number of amides is 1. The van der Waals surface area contributed by atoms with E-state index in [1.807, 2.05) is 39.0 Å². The average Bonchev–Trinajstić information content (AvgIpc) is 2.65. The Morgan fingerprint density at radius 3 is 2.63 bits per heavy atom. The molecule has 27 heavy (non-hydrogen) atoms. The van der Waals surface area contributed by atoms with Crippen LogP contribution in [0.4, 0.5) is 0 Å². The van der Waals surface area contributed by atoms with Crippen molar-refractivity contribution in [3.8, 4) is 11.5 Å². The van der Waals surface area contributed by atoms with Crippen molar-refractivity contribution >= 4 is 5.91 Å². The van der Waals surface area contributed by atoms with Gasteiger partial charge < -0.3 is 24.4 Å². The van der Waals surface area contributed by atoms with Crippen LogP contribution >= 0.6 is 0 Å². The third-order valence-electron chi connectivity index (χ3n) is 5.17. The minimum absolute atomic E-state index is 0.00718. The van der Waals surface area contributed by atoms with Crippen molar-refractivity contribution in [2.45, 2.75) is 39.7 Å². The van der Waals surface area contributed by atoms with E-state index in [1.165, 1.54) is 0 Å². The molecule has 1 fully saturated rings. The lowest BCUT2D eigenvalue weighted by Crippen LogP contribution is -2.41. The zero-order valence-electron chi connectivity index (χ0n) is 17.1. The van der Waals surface area contributed by atoms with Gasteiger partial charge in [-0.3, -0.25) is 4.79 Å². The first-order valence-electron chi connectivity index (χ1n) is 10.0. The summed E-state index contributed by atoms with van der Waals surface area (Å²) < 4.78 is 11.5. The second-order valence-corrected chi connectivity index (χ2v) is 7.15. The van der Waals surface area contributed by atoms with E-state index in [-0.39, 0.29) is 24.5 Å². The number of nitrogens with zero attached hydrogens (tertiary/aromatic N) is 2. The molecule has 0 spiro atoms. The lowest BCUT2D eigenvalue weighted by molar-refractivity contribution is -0.132. The molecule has 0 aromatic heterocycles. The zero-order chi connectivity index (χ0) is 19.8. The quantitative estimate of drug-likeness (QED) is 0.714. The van der Waals surface area contributed by atoms with Gasteiger partial charge in [0.1, 0.15) is 0 Å². The molecule has 0 saturated carbocycles. The first-order chi connectivity index (χ1) is 13.0. The molecule has 0 aliphatic carbocycles. The Hall–Kier alpha value is -1.79. The lowest BCUT2D eigenvalue weighted by atomic mass is 9.89. The smallest absolute Gasteiger partial charge is 0.260 e. The van der Waals surface area contributed by atoms with E-state index in [9.17, 15) is 9.90 Å². The Bertz CT molecular complexity index is 604. The second-order valence-electron chi connectivity index (χ2n) is 7.15. The minimum Gasteiger partial charge on any atom is -0.490 e. The number of carbonyl (C=O) groups is 1. The molecule has 1 aliphatic rings. The molecule has 1 aliphatic heterocycles. The van der Waals surface area contributed by atoms with Crippen molar-refractivity contribution in [3.05, 3.63) is 23.8 Å². The fourth-order valence-corrected chi connectivity index (χ4v) is 3.58. The van der Waals surface area contributed by atoms with Gasteiger partial charge in [0, 0.05) is 32.1 Å². The number of hydrogen-bond acceptors (Lipinski definition) is 5. The first kappa shape index (κ1) is 21.5. The standard InChI is InChI=1S/C21H34N2O4/c1-5-23(6-2)21(25)15-27-19-9-8-16(13-20(19)26-7-3)12-17-14-22(4)11-10-18(17)24/h8-9,13,17-18,24H,5-7,10-12,14-15H2,1-4H3. The maximum atomic E-state index is 12.2. The van der Waals surface area contributed by atoms with Gasteiger partial charge in [0.15, 0.2) is 18.1 Å². The lowest BCUT2D eigenvalue weighted by Gasteiger charge is -2.34. The maximum absolute atomic E-state index is 12.2. The third-order valence-corrected chi connectivity index (χ3v) is 5.17. The average molecular weight is 379 g/mol. The van der Waals surface area contributed by atoms with Crippen LogP contribution in [-0.4, -0.2) is 73.4 Å². The van der Waals surface area contributed by atoms with Crippen LogP contribution in [0.15, 0.2) is 18.2 Å². The number of rotatable bonds is 9. The number of piperidine rings is 1. The topological polar surface area (TPSA) is 62.2 Å². The molecule has 1 heterocycles. The third kappa shape index (κ3) is 6.11. The Kier molecular flexibility index (Phi) is 8.38. The molecular weight excluding hydrogens is 344 g/mol. The highest BCUT2D eigenvalue weighted by molar-refractivity contribution is 5.77. The number of aliphatic hydroxyl groups is 1. The van der Waals surface area contributed by atoms with Crippen molar-refractivity contribution in [3.63, 3.8) is 0 Å². The van der Waals surface area contributed by atoms with E-state index in [1.54, 1.807) is 4.90 Å². The van der Waals surface area contributed by atoms with E-state index in [0.29, 0.717) is 31.2 Å². The predicted molar refractivity (Wildman–Crippen MR) is 106 cm³/mol. The summed E-state index contributed by atoms with van der Waals surface area (Å²) in [4.78, 5) is 16.2. The van der Waals surface area contributed by atoms with E-state index in [4.69, 9.17) is 9.47 Å². The minimum atomic E-state index is -0.264.